The van der Waals surface area contributed by atoms with Crippen LogP contribution in [-0.2, 0) is 6.42 Å². The summed E-state index contributed by atoms with van der Waals surface area (Å²) in [5.41, 5.74) is 5.20. The molecule has 0 amide bonds. The number of halogens is 3. The Morgan fingerprint density at radius 3 is 2.62 bits per heavy atom. The molecule has 0 aliphatic carbocycles. The van der Waals surface area contributed by atoms with E-state index in [1.165, 1.54) is 0 Å². The van der Waals surface area contributed by atoms with Crippen LogP contribution in [0.1, 0.15) is 5.82 Å². The monoisotopic (exact) mass is 234 g/mol. The molecule has 2 rings (SSSR count). The molecule has 0 saturated carbocycles. The summed E-state index contributed by atoms with van der Waals surface area (Å²) in [6.07, 6.45) is -5.65. The summed E-state index contributed by atoms with van der Waals surface area (Å²) in [4.78, 5) is 7.12. The number of nitrogens with two attached hydrogens (primary N) is 1. The average Bonchev–Trinajstić information content (AvgIpc) is 2.71. The highest BCUT2D eigenvalue weighted by atomic mass is 19.4. The van der Waals surface area contributed by atoms with Crippen molar-refractivity contribution in [1.29, 1.82) is 0 Å². The maximum atomic E-state index is 12.0. The zero-order valence-corrected chi connectivity index (χ0v) is 7.62. The number of H-pyrrole nitrogens is 1. The molecule has 0 unspecified atom stereocenters. The maximum absolute atomic E-state index is 12.0. The third-order valence-corrected chi connectivity index (χ3v) is 1.53. The molecule has 0 aliphatic heterocycles. The highest BCUT2D eigenvalue weighted by molar-refractivity contribution is 5.41. The van der Waals surface area contributed by atoms with Crippen LogP contribution in [-0.4, -0.2) is 31.5 Å². The summed E-state index contributed by atoms with van der Waals surface area (Å²) in [7, 11) is 0. The number of alkyl halides is 3. The molecule has 0 atom stereocenters. The van der Waals surface area contributed by atoms with Gasteiger partial charge in [-0.3, -0.25) is 5.10 Å². The molecule has 10 heteroatoms. The summed E-state index contributed by atoms with van der Waals surface area (Å²) >= 11 is 0. The van der Waals surface area contributed by atoms with Crippen LogP contribution in [0.15, 0.2) is 4.52 Å². The van der Waals surface area contributed by atoms with E-state index in [0.29, 0.717) is 0 Å². The van der Waals surface area contributed by atoms with Crippen LogP contribution in [0.2, 0.25) is 0 Å². The first kappa shape index (κ1) is 10.4. The standard InChI is InChI=1S/C6H5F3N6O/c7-6(8,9)1-2-11-4(16-15-2)3-12-5(10)14-13-3/h1H2,(H3,10,12,13,14). The Balaban J connectivity index is 2.20. The molecule has 0 aliphatic rings. The van der Waals surface area contributed by atoms with Crippen LogP contribution < -0.4 is 5.73 Å². The Morgan fingerprint density at radius 1 is 1.31 bits per heavy atom. The van der Waals surface area contributed by atoms with E-state index in [1.807, 2.05) is 0 Å². The molecule has 0 fully saturated rings. The Labute approximate surface area is 85.9 Å². The van der Waals surface area contributed by atoms with Crippen LogP contribution >= 0.6 is 0 Å². The molecule has 0 spiro atoms. The molecule has 16 heavy (non-hydrogen) atoms. The smallest absolute Gasteiger partial charge is 0.366 e. The molecule has 2 heterocycles. The van der Waals surface area contributed by atoms with Crippen molar-refractivity contribution in [3.05, 3.63) is 5.82 Å². The van der Waals surface area contributed by atoms with Gasteiger partial charge in [0.15, 0.2) is 5.82 Å². The van der Waals surface area contributed by atoms with Gasteiger partial charge in [-0.15, -0.1) is 5.10 Å². The highest BCUT2D eigenvalue weighted by Gasteiger charge is 2.31. The van der Waals surface area contributed by atoms with E-state index in [4.69, 9.17) is 5.73 Å². The van der Waals surface area contributed by atoms with Gasteiger partial charge in [0, 0.05) is 0 Å². The summed E-state index contributed by atoms with van der Waals surface area (Å²) in [5, 5.41) is 8.96. The number of hydrogen-bond acceptors (Lipinski definition) is 6. The molecule has 0 saturated heterocycles. The lowest BCUT2D eigenvalue weighted by Crippen LogP contribution is -2.12. The SMILES string of the molecule is Nc1n[nH]c(-c2nc(CC(F)(F)F)no2)n1. The van der Waals surface area contributed by atoms with Crippen molar-refractivity contribution in [3.63, 3.8) is 0 Å². The van der Waals surface area contributed by atoms with Gasteiger partial charge in [-0.1, -0.05) is 5.16 Å². The predicted octanol–water partition coefficient (Wildman–Crippen LogP) is 0.542. The highest BCUT2D eigenvalue weighted by Crippen LogP contribution is 2.21. The van der Waals surface area contributed by atoms with Crippen molar-refractivity contribution in [2.24, 2.45) is 0 Å². The molecule has 7 nitrogen and oxygen atoms in total. The minimum Gasteiger partial charge on any atom is -0.366 e. The molecule has 2 aromatic rings. The Bertz CT molecular complexity index is 488. The van der Waals surface area contributed by atoms with Crippen LogP contribution in [0, 0.1) is 0 Å². The Hall–Kier alpha value is -2.13. The van der Waals surface area contributed by atoms with Crippen molar-refractivity contribution in [2.75, 3.05) is 5.73 Å². The number of anilines is 1. The first-order valence-corrected chi connectivity index (χ1v) is 4.01. The van der Waals surface area contributed by atoms with E-state index < -0.39 is 18.4 Å². The largest absolute Gasteiger partial charge is 0.396 e. The lowest BCUT2D eigenvalue weighted by molar-refractivity contribution is -0.128. The first-order chi connectivity index (χ1) is 7.44. The van der Waals surface area contributed by atoms with Crippen molar-refractivity contribution in [2.45, 2.75) is 12.6 Å². The number of aromatic amines is 1. The van der Waals surface area contributed by atoms with Crippen LogP contribution in [0.5, 0.6) is 0 Å². The van der Waals surface area contributed by atoms with Gasteiger partial charge in [0.1, 0.15) is 6.42 Å². The number of nitrogen functional groups attached to an aromatic ring is 1. The zero-order valence-electron chi connectivity index (χ0n) is 7.62. The lowest BCUT2D eigenvalue weighted by atomic mass is 10.4. The lowest BCUT2D eigenvalue weighted by Gasteiger charge is -1.99. The van der Waals surface area contributed by atoms with Crippen molar-refractivity contribution >= 4 is 5.95 Å². The molecule has 0 aromatic carbocycles. The van der Waals surface area contributed by atoms with Crippen LogP contribution in [0.25, 0.3) is 11.7 Å². The topological polar surface area (TPSA) is 107 Å². The van der Waals surface area contributed by atoms with Gasteiger partial charge in [-0.25, -0.2) is 0 Å². The summed E-state index contributed by atoms with van der Waals surface area (Å²) in [5.74, 6) is -0.704. The second-order valence-electron chi connectivity index (χ2n) is 2.85. The van der Waals surface area contributed by atoms with Gasteiger partial charge in [-0.05, 0) is 0 Å². The minimum absolute atomic E-state index is 0.0263. The molecule has 0 bridgehead atoms. The summed E-state index contributed by atoms with van der Waals surface area (Å²) in [6.45, 7) is 0. The fraction of sp³-hybridized carbons (Fsp3) is 0.333. The van der Waals surface area contributed by atoms with E-state index in [1.54, 1.807) is 0 Å². The van der Waals surface area contributed by atoms with E-state index in [-0.39, 0.29) is 17.7 Å². The molecule has 3 N–H and O–H groups in total. The van der Waals surface area contributed by atoms with Gasteiger partial charge in [0.2, 0.25) is 11.8 Å². The third kappa shape index (κ3) is 2.27. The minimum atomic E-state index is -4.39. The van der Waals surface area contributed by atoms with Crippen molar-refractivity contribution in [1.82, 2.24) is 25.3 Å². The summed E-state index contributed by atoms with van der Waals surface area (Å²) < 4.78 is 40.5. The molecule has 86 valence electrons. The number of aromatic nitrogens is 5. The molecule has 2 aromatic heterocycles. The Morgan fingerprint density at radius 2 is 2.06 bits per heavy atom. The quantitative estimate of drug-likeness (QED) is 0.785. The number of nitrogens with zero attached hydrogens (tertiary/aromatic N) is 4. The van der Waals surface area contributed by atoms with E-state index in [9.17, 15) is 13.2 Å². The van der Waals surface area contributed by atoms with E-state index in [0.717, 1.165) is 0 Å². The fourth-order valence-electron chi connectivity index (χ4n) is 0.972. The van der Waals surface area contributed by atoms with Crippen LogP contribution in [0.3, 0.4) is 0 Å². The van der Waals surface area contributed by atoms with Gasteiger partial charge < -0.3 is 10.3 Å². The van der Waals surface area contributed by atoms with Gasteiger partial charge in [0.05, 0.1) is 0 Å². The van der Waals surface area contributed by atoms with Gasteiger partial charge in [0.25, 0.3) is 5.89 Å². The molecular weight excluding hydrogens is 229 g/mol. The predicted molar refractivity (Wildman–Crippen MR) is 43.8 cm³/mol. The van der Waals surface area contributed by atoms with Crippen LogP contribution in [0.4, 0.5) is 19.1 Å². The Kier molecular flexibility index (Phi) is 2.25. The van der Waals surface area contributed by atoms with E-state index >= 15 is 0 Å². The second kappa shape index (κ2) is 3.47. The van der Waals surface area contributed by atoms with E-state index in [2.05, 4.69) is 29.8 Å². The van der Waals surface area contributed by atoms with Gasteiger partial charge >= 0.3 is 6.18 Å². The van der Waals surface area contributed by atoms with Crippen molar-refractivity contribution < 1.29 is 17.7 Å². The fourth-order valence-corrected chi connectivity index (χ4v) is 0.972. The number of nitrogens with one attached hydrogen (secondary N) is 1. The average molecular weight is 234 g/mol. The summed E-state index contributed by atoms with van der Waals surface area (Å²) in [6, 6.07) is 0. The number of hydrogen-bond donors (Lipinski definition) is 2. The van der Waals surface area contributed by atoms with Gasteiger partial charge in [-0.2, -0.15) is 23.1 Å². The number of rotatable bonds is 2. The second-order valence-corrected chi connectivity index (χ2v) is 2.85. The molecular formula is C6H5F3N6O. The molecule has 0 radical (unpaired) electrons. The first-order valence-electron chi connectivity index (χ1n) is 4.01. The zero-order chi connectivity index (χ0) is 11.8. The maximum Gasteiger partial charge on any atom is 0.396 e. The third-order valence-electron chi connectivity index (χ3n) is 1.53. The normalized spacial score (nSPS) is 11.9. The van der Waals surface area contributed by atoms with Crippen molar-refractivity contribution in [3.8, 4) is 11.7 Å².